The van der Waals surface area contributed by atoms with Crippen molar-refractivity contribution in [3.05, 3.63) is 11.9 Å². The lowest BCUT2D eigenvalue weighted by atomic mass is 10.3. The molecule has 0 spiro atoms. The third kappa shape index (κ3) is 4.37. The van der Waals surface area contributed by atoms with Crippen molar-refractivity contribution < 1.29 is 9.90 Å². The summed E-state index contributed by atoms with van der Waals surface area (Å²) in [6.07, 6.45) is 1.77. The minimum absolute atomic E-state index is 0.118. The first-order chi connectivity index (χ1) is 7.61. The molecule has 4 N–H and O–H groups in total. The van der Waals surface area contributed by atoms with Gasteiger partial charge in [-0.05, 0) is 13.3 Å². The van der Waals surface area contributed by atoms with Crippen LogP contribution in [-0.2, 0) is 17.9 Å². The fourth-order valence-electron chi connectivity index (χ4n) is 1.13. The predicted molar refractivity (Wildman–Crippen MR) is 57.2 cm³/mol. The van der Waals surface area contributed by atoms with Crippen LogP contribution in [0.1, 0.15) is 19.0 Å². The molecular formula is C9H17N5O2. The van der Waals surface area contributed by atoms with E-state index >= 15 is 0 Å². The lowest BCUT2D eigenvalue weighted by Crippen LogP contribution is -2.30. The molecule has 1 heterocycles. The van der Waals surface area contributed by atoms with Gasteiger partial charge in [-0.15, -0.1) is 5.10 Å². The van der Waals surface area contributed by atoms with Crippen molar-refractivity contribution in [2.75, 3.05) is 6.54 Å². The van der Waals surface area contributed by atoms with Crippen LogP contribution in [-0.4, -0.2) is 38.7 Å². The lowest BCUT2D eigenvalue weighted by Gasteiger charge is -2.06. The van der Waals surface area contributed by atoms with E-state index in [0.717, 1.165) is 0 Å². The van der Waals surface area contributed by atoms with Crippen LogP contribution in [0.2, 0.25) is 0 Å². The summed E-state index contributed by atoms with van der Waals surface area (Å²) in [5.74, 6) is -0.158. The number of nitrogens with two attached hydrogens (primary N) is 1. The molecule has 1 unspecified atom stereocenters. The molecule has 0 aliphatic heterocycles. The highest BCUT2D eigenvalue weighted by atomic mass is 16.3. The number of aliphatic hydroxyl groups excluding tert-OH is 1. The van der Waals surface area contributed by atoms with E-state index in [0.29, 0.717) is 25.2 Å². The molecule has 1 amide bonds. The van der Waals surface area contributed by atoms with Crippen molar-refractivity contribution in [1.29, 1.82) is 0 Å². The molecule has 0 radical (unpaired) electrons. The maximum absolute atomic E-state index is 11.4. The lowest BCUT2D eigenvalue weighted by molar-refractivity contribution is -0.121. The van der Waals surface area contributed by atoms with Crippen molar-refractivity contribution in [2.45, 2.75) is 32.5 Å². The van der Waals surface area contributed by atoms with Crippen molar-refractivity contribution in [1.82, 2.24) is 20.3 Å². The molecule has 7 nitrogen and oxygen atoms in total. The van der Waals surface area contributed by atoms with E-state index in [1.807, 2.05) is 0 Å². The van der Waals surface area contributed by atoms with Gasteiger partial charge in [-0.1, -0.05) is 5.21 Å². The second-order valence-corrected chi connectivity index (χ2v) is 3.60. The van der Waals surface area contributed by atoms with Crippen LogP contribution < -0.4 is 11.1 Å². The summed E-state index contributed by atoms with van der Waals surface area (Å²) in [4.78, 5) is 11.4. The van der Waals surface area contributed by atoms with Gasteiger partial charge in [-0.25, -0.2) is 4.68 Å². The van der Waals surface area contributed by atoms with Crippen molar-refractivity contribution in [2.24, 2.45) is 5.73 Å². The quantitative estimate of drug-likeness (QED) is 0.555. The van der Waals surface area contributed by atoms with Gasteiger partial charge in [0.1, 0.15) is 6.54 Å². The molecule has 1 aromatic rings. The Kier molecular flexibility index (Phi) is 4.87. The SMILES string of the molecule is CC(O)CCNC(=O)Cn1cc(CN)nn1. The molecule has 0 bridgehead atoms. The van der Waals surface area contributed by atoms with Gasteiger partial charge in [0.2, 0.25) is 5.91 Å². The largest absolute Gasteiger partial charge is 0.393 e. The minimum Gasteiger partial charge on any atom is -0.393 e. The summed E-state index contributed by atoms with van der Waals surface area (Å²) in [6.45, 7) is 2.56. The number of carbonyl (C=O) groups excluding carboxylic acids is 1. The number of hydrogen-bond acceptors (Lipinski definition) is 5. The molecule has 1 rings (SSSR count). The number of nitrogens with zero attached hydrogens (tertiary/aromatic N) is 3. The highest BCUT2D eigenvalue weighted by Crippen LogP contribution is 1.91. The fraction of sp³-hybridized carbons (Fsp3) is 0.667. The molecular weight excluding hydrogens is 210 g/mol. The third-order valence-electron chi connectivity index (χ3n) is 1.99. The minimum atomic E-state index is -0.407. The number of rotatable bonds is 6. The Balaban J connectivity index is 2.28. The van der Waals surface area contributed by atoms with Gasteiger partial charge in [0.05, 0.1) is 18.0 Å². The number of amides is 1. The van der Waals surface area contributed by atoms with Gasteiger partial charge in [0.15, 0.2) is 0 Å². The van der Waals surface area contributed by atoms with Crippen LogP contribution in [0.15, 0.2) is 6.20 Å². The predicted octanol–water partition coefficient (Wildman–Crippen LogP) is -1.38. The number of nitrogens with one attached hydrogen (secondary N) is 1. The standard InChI is InChI=1S/C9H17N5O2/c1-7(15)2-3-11-9(16)6-14-5-8(4-10)12-13-14/h5,7,15H,2-4,6,10H2,1H3,(H,11,16). The van der Waals surface area contributed by atoms with E-state index in [9.17, 15) is 4.79 Å². The molecule has 90 valence electrons. The summed E-state index contributed by atoms with van der Waals surface area (Å²) >= 11 is 0. The molecule has 0 aliphatic carbocycles. The van der Waals surface area contributed by atoms with Gasteiger partial charge in [0, 0.05) is 13.1 Å². The van der Waals surface area contributed by atoms with Crippen LogP contribution in [0.3, 0.4) is 0 Å². The highest BCUT2D eigenvalue weighted by molar-refractivity contribution is 5.75. The van der Waals surface area contributed by atoms with Crippen molar-refractivity contribution in [3.8, 4) is 0 Å². The summed E-state index contributed by atoms with van der Waals surface area (Å²) in [5, 5.41) is 19.2. The Morgan fingerprint density at radius 1 is 1.75 bits per heavy atom. The monoisotopic (exact) mass is 227 g/mol. The third-order valence-corrected chi connectivity index (χ3v) is 1.99. The van der Waals surface area contributed by atoms with E-state index < -0.39 is 6.10 Å². The summed E-state index contributed by atoms with van der Waals surface area (Å²) in [7, 11) is 0. The first-order valence-electron chi connectivity index (χ1n) is 5.15. The zero-order chi connectivity index (χ0) is 12.0. The average molecular weight is 227 g/mol. The number of hydrogen-bond donors (Lipinski definition) is 3. The van der Waals surface area contributed by atoms with Crippen LogP contribution in [0.4, 0.5) is 0 Å². The Morgan fingerprint density at radius 3 is 3.06 bits per heavy atom. The van der Waals surface area contributed by atoms with Gasteiger partial charge >= 0.3 is 0 Å². The maximum Gasteiger partial charge on any atom is 0.241 e. The molecule has 16 heavy (non-hydrogen) atoms. The summed E-state index contributed by atoms with van der Waals surface area (Å²) in [5.41, 5.74) is 6.01. The summed E-state index contributed by atoms with van der Waals surface area (Å²) in [6, 6.07) is 0. The molecule has 0 saturated heterocycles. The highest BCUT2D eigenvalue weighted by Gasteiger charge is 2.05. The maximum atomic E-state index is 11.4. The van der Waals surface area contributed by atoms with Gasteiger partial charge in [-0.2, -0.15) is 0 Å². The topological polar surface area (TPSA) is 106 Å². The summed E-state index contributed by atoms with van der Waals surface area (Å²) < 4.78 is 1.43. The number of aliphatic hydroxyl groups is 1. The molecule has 0 saturated carbocycles. The fourth-order valence-corrected chi connectivity index (χ4v) is 1.13. The normalized spacial score (nSPS) is 12.4. The molecule has 0 aliphatic rings. The van der Waals surface area contributed by atoms with Crippen LogP contribution in [0.25, 0.3) is 0 Å². The number of carbonyl (C=O) groups is 1. The van der Waals surface area contributed by atoms with Gasteiger partial charge < -0.3 is 16.2 Å². The molecule has 7 heteroatoms. The van der Waals surface area contributed by atoms with E-state index in [2.05, 4.69) is 15.6 Å². The van der Waals surface area contributed by atoms with Crippen LogP contribution in [0.5, 0.6) is 0 Å². The van der Waals surface area contributed by atoms with Crippen molar-refractivity contribution >= 4 is 5.91 Å². The second-order valence-electron chi connectivity index (χ2n) is 3.60. The van der Waals surface area contributed by atoms with E-state index in [-0.39, 0.29) is 12.5 Å². The van der Waals surface area contributed by atoms with Crippen molar-refractivity contribution in [3.63, 3.8) is 0 Å². The van der Waals surface area contributed by atoms with E-state index in [1.54, 1.807) is 13.1 Å². The van der Waals surface area contributed by atoms with E-state index in [4.69, 9.17) is 10.8 Å². The van der Waals surface area contributed by atoms with E-state index in [1.165, 1.54) is 4.68 Å². The molecule has 1 aromatic heterocycles. The zero-order valence-corrected chi connectivity index (χ0v) is 9.26. The smallest absolute Gasteiger partial charge is 0.241 e. The van der Waals surface area contributed by atoms with Crippen LogP contribution >= 0.6 is 0 Å². The molecule has 1 atom stereocenters. The van der Waals surface area contributed by atoms with Gasteiger partial charge in [-0.3, -0.25) is 4.79 Å². The molecule has 0 aromatic carbocycles. The Hall–Kier alpha value is -1.47. The van der Waals surface area contributed by atoms with Crippen LogP contribution in [0, 0.1) is 0 Å². The first-order valence-corrected chi connectivity index (χ1v) is 5.15. The number of aromatic nitrogens is 3. The van der Waals surface area contributed by atoms with Gasteiger partial charge in [0.25, 0.3) is 0 Å². The second kappa shape index (κ2) is 6.19. The Bertz CT molecular complexity index is 336. The zero-order valence-electron chi connectivity index (χ0n) is 9.26. The Labute approximate surface area is 93.6 Å². The first kappa shape index (κ1) is 12.6. The molecule has 0 fully saturated rings. The average Bonchev–Trinajstić information content (AvgIpc) is 2.65. The Morgan fingerprint density at radius 2 is 2.50 bits per heavy atom.